The largest absolute Gasteiger partial charge is 0.307 e. The Hall–Kier alpha value is -2.64. The van der Waals surface area contributed by atoms with Crippen molar-refractivity contribution in [2.24, 2.45) is 5.92 Å². The lowest BCUT2D eigenvalue weighted by atomic mass is 9.83. The summed E-state index contributed by atoms with van der Waals surface area (Å²) in [6, 6.07) is 17.1. The second kappa shape index (κ2) is 6.46. The van der Waals surface area contributed by atoms with Crippen LogP contribution < -0.4 is 9.77 Å². The molecule has 2 aromatic carbocycles. The number of aromatic amines is 1. The molecule has 3 heterocycles. The van der Waals surface area contributed by atoms with E-state index in [-0.39, 0.29) is 22.6 Å². The van der Waals surface area contributed by atoms with Crippen LogP contribution in [0.25, 0.3) is 0 Å². The number of thioether (sulfide) groups is 1. The van der Waals surface area contributed by atoms with Gasteiger partial charge in [0.05, 0.1) is 16.6 Å². The van der Waals surface area contributed by atoms with E-state index in [0.717, 1.165) is 27.3 Å². The molecule has 0 saturated carbocycles. The molecule has 5 rings (SSSR count). The molecule has 2 amide bonds. The number of hydrogen-bond donors (Lipinski definition) is 1. The summed E-state index contributed by atoms with van der Waals surface area (Å²) in [5.74, 6) is -1.26. The lowest BCUT2D eigenvalue weighted by molar-refractivity contribution is -0.122. The van der Waals surface area contributed by atoms with Gasteiger partial charge in [0.15, 0.2) is 0 Å². The highest BCUT2D eigenvalue weighted by Gasteiger charge is 2.56. The Labute approximate surface area is 169 Å². The predicted molar refractivity (Wildman–Crippen MR) is 110 cm³/mol. The summed E-state index contributed by atoms with van der Waals surface area (Å²) in [5.41, 5.74) is 2.61. The summed E-state index contributed by atoms with van der Waals surface area (Å²) in [6.07, 6.45) is 0. The minimum atomic E-state index is -0.545. The summed E-state index contributed by atoms with van der Waals surface area (Å²) in [4.78, 5) is 43.5. The zero-order valence-electron chi connectivity index (χ0n) is 14.9. The van der Waals surface area contributed by atoms with E-state index in [1.54, 1.807) is 0 Å². The molecule has 3 aromatic rings. The highest BCUT2D eigenvalue weighted by Crippen LogP contribution is 2.53. The number of aryl methyl sites for hydroxylation is 1. The lowest BCUT2D eigenvalue weighted by Crippen LogP contribution is -2.32. The first kappa shape index (κ1) is 17.5. The Kier molecular flexibility index (Phi) is 4.03. The van der Waals surface area contributed by atoms with Crippen LogP contribution in [0.3, 0.4) is 0 Å². The van der Waals surface area contributed by atoms with Crippen molar-refractivity contribution in [1.29, 1.82) is 0 Å². The molecule has 0 aliphatic carbocycles. The normalized spacial score (nSPS) is 23.6. The summed E-state index contributed by atoms with van der Waals surface area (Å²) in [7, 11) is 0. The second-order valence-corrected chi connectivity index (χ2v) is 9.17. The zero-order valence-corrected chi connectivity index (χ0v) is 16.5. The van der Waals surface area contributed by atoms with Gasteiger partial charge < -0.3 is 4.98 Å². The van der Waals surface area contributed by atoms with Crippen molar-refractivity contribution in [2.75, 3.05) is 4.90 Å². The van der Waals surface area contributed by atoms with Crippen molar-refractivity contribution in [3.63, 3.8) is 0 Å². The van der Waals surface area contributed by atoms with Crippen LogP contribution in [0.15, 0.2) is 64.4 Å². The maximum Gasteiger partial charge on any atom is 0.305 e. The summed E-state index contributed by atoms with van der Waals surface area (Å²) < 4.78 is 0. The van der Waals surface area contributed by atoms with Gasteiger partial charge in [-0.15, -0.1) is 0 Å². The number of hydrogen-bond acceptors (Lipinski definition) is 5. The fourth-order valence-electron chi connectivity index (χ4n) is 3.98. The quantitative estimate of drug-likeness (QED) is 0.659. The number of nitrogens with one attached hydrogen (secondary N) is 1. The van der Waals surface area contributed by atoms with Gasteiger partial charge in [0, 0.05) is 10.8 Å². The molecule has 5 nitrogen and oxygen atoms in total. The average Bonchev–Trinajstić information content (AvgIpc) is 3.18. The van der Waals surface area contributed by atoms with Crippen molar-refractivity contribution in [2.45, 2.75) is 23.1 Å². The van der Waals surface area contributed by atoms with Gasteiger partial charge in [-0.05, 0) is 24.6 Å². The number of anilines is 1. The van der Waals surface area contributed by atoms with Crippen LogP contribution in [0.4, 0.5) is 5.69 Å². The van der Waals surface area contributed by atoms with E-state index >= 15 is 0 Å². The van der Waals surface area contributed by atoms with Crippen LogP contribution in [-0.4, -0.2) is 22.0 Å². The zero-order chi connectivity index (χ0) is 19.4. The van der Waals surface area contributed by atoms with Crippen molar-refractivity contribution in [3.05, 3.63) is 80.3 Å². The maximum absolute atomic E-state index is 13.4. The van der Waals surface area contributed by atoms with Crippen molar-refractivity contribution >= 4 is 40.6 Å². The molecule has 1 saturated heterocycles. The van der Waals surface area contributed by atoms with Gasteiger partial charge in [0.1, 0.15) is 5.25 Å². The fraction of sp³-hybridized carbons (Fsp3) is 0.190. The molecule has 0 spiro atoms. The molecule has 0 radical (unpaired) electrons. The molecule has 2 aliphatic rings. The number of carbonyl (C=O) groups is 2. The first-order valence-corrected chi connectivity index (χ1v) is 10.6. The third-order valence-corrected chi connectivity index (χ3v) is 7.68. The van der Waals surface area contributed by atoms with E-state index in [1.165, 1.54) is 16.7 Å². The Morgan fingerprint density at radius 2 is 1.64 bits per heavy atom. The third-order valence-electron chi connectivity index (χ3n) is 5.27. The molecule has 0 bridgehead atoms. The van der Waals surface area contributed by atoms with Gasteiger partial charge >= 0.3 is 4.87 Å². The SMILES string of the molecule is Cc1ccc(N2C(=O)[C@@H]3[C@@H](c4ccccc4)c4sc(=O)[nH]c4S[C@H]3C2=O)cc1. The van der Waals surface area contributed by atoms with Crippen LogP contribution >= 0.6 is 23.1 Å². The number of H-pyrrole nitrogens is 1. The molecular formula is C21H16N2O3S2. The molecule has 3 atom stereocenters. The molecule has 140 valence electrons. The van der Waals surface area contributed by atoms with E-state index in [9.17, 15) is 14.4 Å². The molecule has 28 heavy (non-hydrogen) atoms. The highest BCUT2D eigenvalue weighted by atomic mass is 32.2. The molecular weight excluding hydrogens is 392 g/mol. The predicted octanol–water partition coefficient (Wildman–Crippen LogP) is 3.54. The van der Waals surface area contributed by atoms with Gasteiger partial charge in [-0.3, -0.25) is 14.4 Å². The third kappa shape index (κ3) is 2.57. The van der Waals surface area contributed by atoms with E-state index < -0.39 is 11.2 Å². The lowest BCUT2D eigenvalue weighted by Gasteiger charge is -2.29. The van der Waals surface area contributed by atoms with E-state index in [2.05, 4.69) is 4.98 Å². The van der Waals surface area contributed by atoms with Gasteiger partial charge in [-0.2, -0.15) is 0 Å². The standard InChI is InChI=1S/C21H16N2O3S2/c1-11-7-9-13(10-8-11)23-19(24)15-14(12-5-3-2-4-6-12)16-18(22-21(26)28-16)27-17(15)20(23)25/h2-10,14-15,17H,1H3,(H,22,26)/t14-,15-,17-/m1/s1. The number of carbonyl (C=O) groups excluding carboxylic acids is 2. The fourth-order valence-corrected chi connectivity index (χ4v) is 6.50. The number of rotatable bonds is 2. The summed E-state index contributed by atoms with van der Waals surface area (Å²) in [6.45, 7) is 1.97. The van der Waals surface area contributed by atoms with Crippen molar-refractivity contribution in [3.8, 4) is 0 Å². The van der Waals surface area contributed by atoms with E-state index in [4.69, 9.17) is 0 Å². The Balaban J connectivity index is 1.65. The Bertz CT molecular complexity index is 1130. The van der Waals surface area contributed by atoms with Gasteiger partial charge in [0.2, 0.25) is 11.8 Å². The summed E-state index contributed by atoms with van der Waals surface area (Å²) in [5, 5.41) is 0.161. The number of thiazole rings is 1. The first-order chi connectivity index (χ1) is 13.5. The highest BCUT2D eigenvalue weighted by molar-refractivity contribution is 8.00. The summed E-state index contributed by atoms with van der Waals surface area (Å²) >= 11 is 2.43. The Morgan fingerprint density at radius 3 is 2.36 bits per heavy atom. The van der Waals surface area contributed by atoms with Crippen LogP contribution in [0.5, 0.6) is 0 Å². The monoisotopic (exact) mass is 408 g/mol. The average molecular weight is 409 g/mol. The number of amides is 2. The van der Waals surface area contributed by atoms with Crippen LogP contribution in [0.1, 0.15) is 21.9 Å². The maximum atomic E-state index is 13.4. The van der Waals surface area contributed by atoms with Gasteiger partial charge in [-0.25, -0.2) is 4.90 Å². The topological polar surface area (TPSA) is 70.2 Å². The second-order valence-electron chi connectivity index (χ2n) is 7.01. The first-order valence-electron chi connectivity index (χ1n) is 8.93. The van der Waals surface area contributed by atoms with Gasteiger partial charge in [0.25, 0.3) is 0 Å². The Morgan fingerprint density at radius 1 is 0.929 bits per heavy atom. The molecule has 7 heteroatoms. The smallest absolute Gasteiger partial charge is 0.305 e. The molecule has 0 unspecified atom stereocenters. The van der Waals surface area contributed by atoms with Crippen LogP contribution in [0.2, 0.25) is 0 Å². The van der Waals surface area contributed by atoms with Crippen molar-refractivity contribution < 1.29 is 9.59 Å². The number of imide groups is 1. The minimum Gasteiger partial charge on any atom is -0.307 e. The van der Waals surface area contributed by atoms with Crippen molar-refractivity contribution in [1.82, 2.24) is 4.98 Å². The van der Waals surface area contributed by atoms with E-state index in [0.29, 0.717) is 10.7 Å². The number of aromatic nitrogens is 1. The molecule has 2 aliphatic heterocycles. The van der Waals surface area contributed by atoms with Crippen LogP contribution in [0, 0.1) is 12.8 Å². The van der Waals surface area contributed by atoms with Crippen LogP contribution in [-0.2, 0) is 9.59 Å². The number of fused-ring (bicyclic) bond motifs is 2. The number of nitrogens with zero attached hydrogens (tertiary/aromatic N) is 1. The molecule has 1 fully saturated rings. The van der Waals surface area contributed by atoms with Gasteiger partial charge in [-0.1, -0.05) is 71.1 Å². The number of benzene rings is 2. The molecule has 1 N–H and O–H groups in total. The van der Waals surface area contributed by atoms with E-state index in [1.807, 2.05) is 61.5 Å². The minimum absolute atomic E-state index is 0.159. The molecule has 1 aromatic heterocycles.